The molecule has 0 saturated carbocycles. The number of likely N-dealkylation sites (N-methyl/N-ethyl adjacent to an activating group) is 1. The van der Waals surface area contributed by atoms with E-state index in [4.69, 9.17) is 9.47 Å². The van der Waals surface area contributed by atoms with E-state index in [0.29, 0.717) is 50.7 Å². The van der Waals surface area contributed by atoms with Gasteiger partial charge in [0.05, 0.1) is 9.89 Å². The number of piperidine rings is 1. The standard InChI is InChI=1S/C26H31BrFIN4O4/c1-25(2,3)37-24(35)33-10-6-8-26(13-33)17-15-11-16(29)18(27)19(28)20(15)30-22(21(17)31-23(26)34)36-12-14-7-5-9-32(14)4/h11,14H,5-10,12-13H2,1-4H3,(H,31,34)/t14-,26?/m0/s1. The predicted octanol–water partition coefficient (Wildman–Crippen LogP) is 5.43. The maximum absolute atomic E-state index is 15.6. The zero-order valence-corrected chi connectivity index (χ0v) is 25.2. The van der Waals surface area contributed by atoms with Crippen LogP contribution < -0.4 is 10.1 Å². The van der Waals surface area contributed by atoms with Crippen molar-refractivity contribution in [2.45, 2.75) is 63.5 Å². The van der Waals surface area contributed by atoms with Crippen LogP contribution in [0.2, 0.25) is 0 Å². The summed E-state index contributed by atoms with van der Waals surface area (Å²) in [5.41, 5.74) is -0.451. The summed E-state index contributed by atoms with van der Waals surface area (Å²) in [6, 6.07) is 2.07. The fourth-order valence-electron chi connectivity index (χ4n) is 5.64. The number of hydrogen-bond donors (Lipinski definition) is 1. The molecule has 4 heterocycles. The van der Waals surface area contributed by atoms with E-state index in [1.807, 2.05) is 26.8 Å². The average molecular weight is 689 g/mol. The quantitative estimate of drug-likeness (QED) is 0.342. The number of halogens is 3. The molecule has 37 heavy (non-hydrogen) atoms. The second-order valence-electron chi connectivity index (χ2n) is 11.2. The van der Waals surface area contributed by atoms with Crippen LogP contribution in [0.15, 0.2) is 10.5 Å². The number of aromatic nitrogens is 1. The number of likely N-dealkylation sites (tertiary alicyclic amines) is 2. The molecular formula is C26H31BrFIN4O4. The highest BCUT2D eigenvalue weighted by molar-refractivity contribution is 14.1. The van der Waals surface area contributed by atoms with E-state index in [2.05, 4.69) is 60.8 Å². The number of nitrogens with zero attached hydrogens (tertiary/aromatic N) is 3. The van der Waals surface area contributed by atoms with E-state index in [1.165, 1.54) is 0 Å². The van der Waals surface area contributed by atoms with Crippen molar-refractivity contribution in [3.05, 3.63) is 25.5 Å². The van der Waals surface area contributed by atoms with Crippen molar-refractivity contribution in [2.24, 2.45) is 0 Å². The lowest BCUT2D eigenvalue weighted by Gasteiger charge is -2.39. The second-order valence-corrected chi connectivity index (χ2v) is 13.1. The highest BCUT2D eigenvalue weighted by Gasteiger charge is 2.53. The third-order valence-corrected chi connectivity index (χ3v) is 9.83. The van der Waals surface area contributed by atoms with Crippen molar-refractivity contribution in [2.75, 3.05) is 38.6 Å². The topological polar surface area (TPSA) is 84.0 Å². The summed E-state index contributed by atoms with van der Waals surface area (Å²) >= 11 is 5.41. The second kappa shape index (κ2) is 9.78. The largest absolute Gasteiger partial charge is 0.475 e. The Hall–Kier alpha value is -1.73. The Morgan fingerprint density at radius 3 is 2.78 bits per heavy atom. The van der Waals surface area contributed by atoms with Gasteiger partial charge in [0.1, 0.15) is 23.4 Å². The van der Waals surface area contributed by atoms with Gasteiger partial charge < -0.3 is 24.6 Å². The van der Waals surface area contributed by atoms with E-state index in [9.17, 15) is 9.59 Å². The van der Waals surface area contributed by atoms with Crippen molar-refractivity contribution in [1.29, 1.82) is 0 Å². The third-order valence-electron chi connectivity index (χ3n) is 7.46. The zero-order chi connectivity index (χ0) is 26.7. The lowest BCUT2D eigenvalue weighted by Crippen LogP contribution is -2.52. The number of nitrogens with one attached hydrogen (secondary N) is 1. The van der Waals surface area contributed by atoms with Gasteiger partial charge in [-0.05, 0) is 105 Å². The maximum atomic E-state index is 15.6. The summed E-state index contributed by atoms with van der Waals surface area (Å²) in [5.74, 6) is -0.512. The number of amides is 2. The summed E-state index contributed by atoms with van der Waals surface area (Å²) in [4.78, 5) is 35.1. The first-order valence-corrected chi connectivity index (χ1v) is 14.4. The summed E-state index contributed by atoms with van der Waals surface area (Å²) in [6.45, 7) is 7.45. The molecule has 2 saturated heterocycles. The van der Waals surface area contributed by atoms with Crippen molar-refractivity contribution < 1.29 is 23.5 Å². The summed E-state index contributed by atoms with van der Waals surface area (Å²) in [7, 11) is 2.06. The maximum Gasteiger partial charge on any atom is 0.410 e. The van der Waals surface area contributed by atoms with Gasteiger partial charge in [-0.3, -0.25) is 4.79 Å². The first-order valence-electron chi connectivity index (χ1n) is 12.6. The van der Waals surface area contributed by atoms with Crippen molar-refractivity contribution >= 4 is 67.1 Å². The van der Waals surface area contributed by atoms with Crippen LogP contribution in [0, 0.1) is 9.39 Å². The van der Waals surface area contributed by atoms with E-state index >= 15 is 4.39 Å². The van der Waals surface area contributed by atoms with Crippen LogP contribution in [0.1, 0.15) is 52.0 Å². The van der Waals surface area contributed by atoms with Crippen molar-refractivity contribution in [3.8, 4) is 5.88 Å². The highest BCUT2D eigenvalue weighted by atomic mass is 127. The van der Waals surface area contributed by atoms with Crippen LogP contribution in [0.3, 0.4) is 0 Å². The molecule has 3 aliphatic heterocycles. The molecule has 8 nitrogen and oxygen atoms in total. The summed E-state index contributed by atoms with van der Waals surface area (Å²) in [6.07, 6.45) is 2.76. The highest BCUT2D eigenvalue weighted by Crippen LogP contribution is 2.51. The fourth-order valence-corrected chi connectivity index (χ4v) is 6.49. The van der Waals surface area contributed by atoms with Gasteiger partial charge in [-0.25, -0.2) is 14.2 Å². The van der Waals surface area contributed by atoms with Gasteiger partial charge in [0.15, 0.2) is 5.82 Å². The molecule has 1 spiro atoms. The molecule has 0 aliphatic carbocycles. The van der Waals surface area contributed by atoms with Crippen LogP contribution in [0.25, 0.3) is 10.9 Å². The molecule has 2 aromatic rings. The number of hydrogen-bond acceptors (Lipinski definition) is 6. The number of benzene rings is 1. The Morgan fingerprint density at radius 1 is 1.35 bits per heavy atom. The van der Waals surface area contributed by atoms with E-state index in [0.717, 1.165) is 19.4 Å². The number of anilines is 1. The van der Waals surface area contributed by atoms with Gasteiger partial charge in [0.2, 0.25) is 11.8 Å². The van der Waals surface area contributed by atoms with Crippen LogP contribution in [0.4, 0.5) is 14.9 Å². The van der Waals surface area contributed by atoms with Crippen LogP contribution >= 0.6 is 38.5 Å². The normalized spacial score (nSPS) is 24.0. The first-order chi connectivity index (χ1) is 17.4. The number of carbonyl (C=O) groups excluding carboxylic acids is 2. The van der Waals surface area contributed by atoms with E-state index in [-0.39, 0.29) is 29.9 Å². The van der Waals surface area contributed by atoms with Gasteiger partial charge in [-0.15, -0.1) is 0 Å². The van der Waals surface area contributed by atoms with Crippen LogP contribution in [-0.2, 0) is 14.9 Å². The van der Waals surface area contributed by atoms with Gasteiger partial charge in [0, 0.05) is 33.7 Å². The Balaban J connectivity index is 1.62. The average Bonchev–Trinajstić information content (AvgIpc) is 3.36. The Bertz CT molecular complexity index is 1290. The molecule has 1 aromatic carbocycles. The van der Waals surface area contributed by atoms with Crippen LogP contribution in [0.5, 0.6) is 5.88 Å². The fraction of sp³-hybridized carbons (Fsp3) is 0.577. The number of pyridine rings is 1. The minimum atomic E-state index is -1.06. The minimum Gasteiger partial charge on any atom is -0.475 e. The molecule has 2 amide bonds. The minimum absolute atomic E-state index is 0.138. The molecule has 2 atom stereocenters. The summed E-state index contributed by atoms with van der Waals surface area (Å²) < 4.78 is 28.4. The smallest absolute Gasteiger partial charge is 0.410 e. The molecule has 11 heteroatoms. The SMILES string of the molecule is CN1CCC[C@H]1COc1nc2c(F)c(Br)c(I)cc2c2c1NC(=O)C21CCCN(C(=O)OC(C)(C)C)C1. The molecular weight excluding hydrogens is 658 g/mol. The van der Waals surface area contributed by atoms with Gasteiger partial charge >= 0.3 is 6.09 Å². The van der Waals surface area contributed by atoms with Crippen molar-refractivity contribution in [3.63, 3.8) is 0 Å². The third kappa shape index (κ3) is 4.80. The van der Waals surface area contributed by atoms with Crippen LogP contribution in [-0.4, -0.2) is 71.7 Å². The molecule has 200 valence electrons. The molecule has 1 aromatic heterocycles. The number of fused-ring (bicyclic) bond motifs is 4. The van der Waals surface area contributed by atoms with Gasteiger partial charge in [-0.1, -0.05) is 0 Å². The van der Waals surface area contributed by atoms with Gasteiger partial charge in [0.25, 0.3) is 0 Å². The lowest BCUT2D eigenvalue weighted by molar-refractivity contribution is -0.122. The Kier molecular flexibility index (Phi) is 7.10. The Labute approximate surface area is 237 Å². The molecule has 0 radical (unpaired) electrons. The van der Waals surface area contributed by atoms with Crippen molar-refractivity contribution in [1.82, 2.24) is 14.8 Å². The molecule has 2 fully saturated rings. The first kappa shape index (κ1) is 26.9. The zero-order valence-electron chi connectivity index (χ0n) is 21.4. The predicted molar refractivity (Wildman–Crippen MR) is 151 cm³/mol. The lowest BCUT2D eigenvalue weighted by atomic mass is 9.74. The molecule has 0 bridgehead atoms. The van der Waals surface area contributed by atoms with Gasteiger partial charge in [-0.2, -0.15) is 0 Å². The number of rotatable bonds is 3. The Morgan fingerprint density at radius 2 is 2.11 bits per heavy atom. The molecule has 5 rings (SSSR count). The molecule has 1 N–H and O–H groups in total. The van der Waals surface area contributed by atoms with E-state index < -0.39 is 22.9 Å². The van der Waals surface area contributed by atoms with E-state index in [1.54, 1.807) is 4.90 Å². The molecule has 3 aliphatic rings. The summed E-state index contributed by atoms with van der Waals surface area (Å²) in [5, 5.41) is 3.56. The monoisotopic (exact) mass is 688 g/mol. The number of ether oxygens (including phenoxy) is 2. The molecule has 1 unspecified atom stereocenters. The number of carbonyl (C=O) groups is 2.